The van der Waals surface area contributed by atoms with Gasteiger partial charge < -0.3 is 9.47 Å². The van der Waals surface area contributed by atoms with Crippen LogP contribution in [0.25, 0.3) is 0 Å². The topological polar surface area (TPSA) is 52.6 Å². The van der Waals surface area contributed by atoms with Gasteiger partial charge in [-0.1, -0.05) is 76.8 Å². The number of halogens is 1. The van der Waals surface area contributed by atoms with Crippen LogP contribution in [0.15, 0.2) is 24.3 Å². The third-order valence-corrected chi connectivity index (χ3v) is 4.86. The van der Waals surface area contributed by atoms with E-state index in [9.17, 15) is 14.0 Å². The lowest BCUT2D eigenvalue weighted by atomic mass is 10.1. The number of carbonyl (C=O) groups excluding carboxylic acids is 2. The standard InChI is InChI=1S/C24H37FO4/c1-2-3-4-5-6-7-8-9-10-11-19-28-23(26)16-17-24(27)29-20-18-21-12-14-22(25)15-13-21/h12-15H,2-11,16-20H2,1H3. The molecule has 29 heavy (non-hydrogen) atoms. The summed E-state index contributed by atoms with van der Waals surface area (Å²) in [5.74, 6) is -1.05. The normalized spacial score (nSPS) is 10.7. The van der Waals surface area contributed by atoms with Crippen LogP contribution in [0.4, 0.5) is 4.39 Å². The molecule has 0 spiro atoms. The Balaban J connectivity index is 1.90. The number of unbranched alkanes of at least 4 members (excludes halogenated alkanes) is 9. The Kier molecular flexibility index (Phi) is 14.7. The molecule has 1 aromatic rings. The van der Waals surface area contributed by atoms with Gasteiger partial charge in [0, 0.05) is 6.42 Å². The lowest BCUT2D eigenvalue weighted by molar-refractivity contribution is -0.150. The van der Waals surface area contributed by atoms with Crippen molar-refractivity contribution in [2.75, 3.05) is 13.2 Å². The Morgan fingerprint density at radius 1 is 0.724 bits per heavy atom. The molecule has 0 saturated carbocycles. The first-order valence-corrected chi connectivity index (χ1v) is 11.2. The fourth-order valence-electron chi connectivity index (χ4n) is 3.06. The van der Waals surface area contributed by atoms with Gasteiger partial charge in [0.25, 0.3) is 0 Å². The summed E-state index contributed by atoms with van der Waals surface area (Å²) in [6.07, 6.45) is 13.0. The highest BCUT2D eigenvalue weighted by atomic mass is 19.1. The zero-order valence-corrected chi connectivity index (χ0v) is 17.9. The number of hydrogen-bond donors (Lipinski definition) is 0. The molecule has 0 radical (unpaired) electrons. The Labute approximate surface area is 175 Å². The van der Waals surface area contributed by atoms with E-state index < -0.39 is 5.97 Å². The summed E-state index contributed by atoms with van der Waals surface area (Å²) in [6.45, 7) is 2.88. The Hall–Kier alpha value is -1.91. The Morgan fingerprint density at radius 2 is 1.21 bits per heavy atom. The van der Waals surface area contributed by atoms with Crippen molar-refractivity contribution in [2.45, 2.75) is 90.4 Å². The first-order chi connectivity index (χ1) is 14.1. The highest BCUT2D eigenvalue weighted by molar-refractivity contribution is 5.77. The van der Waals surface area contributed by atoms with E-state index in [0.29, 0.717) is 13.0 Å². The third kappa shape index (κ3) is 14.7. The first kappa shape index (κ1) is 25.1. The summed E-state index contributed by atoms with van der Waals surface area (Å²) >= 11 is 0. The maximum Gasteiger partial charge on any atom is 0.306 e. The summed E-state index contributed by atoms with van der Waals surface area (Å²) in [6, 6.07) is 6.08. The van der Waals surface area contributed by atoms with E-state index >= 15 is 0 Å². The van der Waals surface area contributed by atoms with Crippen molar-refractivity contribution < 1.29 is 23.5 Å². The van der Waals surface area contributed by atoms with E-state index in [1.54, 1.807) is 12.1 Å². The molecule has 0 fully saturated rings. The molecule has 0 aliphatic rings. The number of benzene rings is 1. The van der Waals surface area contributed by atoms with Gasteiger partial charge in [0.05, 0.1) is 26.1 Å². The predicted octanol–water partition coefficient (Wildman–Crippen LogP) is 6.16. The molecule has 164 valence electrons. The van der Waals surface area contributed by atoms with Crippen molar-refractivity contribution in [1.29, 1.82) is 0 Å². The minimum atomic E-state index is -0.414. The summed E-state index contributed by atoms with van der Waals surface area (Å²) in [7, 11) is 0. The molecule has 0 amide bonds. The monoisotopic (exact) mass is 408 g/mol. The fourth-order valence-corrected chi connectivity index (χ4v) is 3.06. The highest BCUT2D eigenvalue weighted by Crippen LogP contribution is 2.10. The third-order valence-electron chi connectivity index (χ3n) is 4.86. The molecular weight excluding hydrogens is 371 g/mol. The van der Waals surface area contributed by atoms with Crippen molar-refractivity contribution in [3.8, 4) is 0 Å². The molecule has 0 aromatic heterocycles. The molecule has 0 heterocycles. The molecule has 0 N–H and O–H groups in total. The summed E-state index contributed by atoms with van der Waals surface area (Å²) in [4.78, 5) is 23.3. The van der Waals surface area contributed by atoms with Crippen LogP contribution in [0.1, 0.15) is 89.5 Å². The quantitative estimate of drug-likeness (QED) is 0.229. The van der Waals surface area contributed by atoms with Gasteiger partial charge in [-0.3, -0.25) is 9.59 Å². The van der Waals surface area contributed by atoms with Crippen LogP contribution in [0.5, 0.6) is 0 Å². The van der Waals surface area contributed by atoms with E-state index in [4.69, 9.17) is 9.47 Å². The largest absolute Gasteiger partial charge is 0.466 e. The van der Waals surface area contributed by atoms with Crippen LogP contribution in [0.3, 0.4) is 0 Å². The van der Waals surface area contributed by atoms with Crippen LogP contribution in [-0.4, -0.2) is 25.2 Å². The SMILES string of the molecule is CCCCCCCCCCCCOC(=O)CCC(=O)OCCc1ccc(F)cc1. The predicted molar refractivity (Wildman–Crippen MR) is 113 cm³/mol. The molecule has 0 aliphatic heterocycles. The van der Waals surface area contributed by atoms with Gasteiger partial charge in [-0.05, 0) is 24.1 Å². The molecule has 1 rings (SSSR count). The Morgan fingerprint density at radius 3 is 1.76 bits per heavy atom. The van der Waals surface area contributed by atoms with Crippen LogP contribution in [0.2, 0.25) is 0 Å². The maximum absolute atomic E-state index is 12.8. The van der Waals surface area contributed by atoms with Crippen molar-refractivity contribution in [3.63, 3.8) is 0 Å². The van der Waals surface area contributed by atoms with E-state index in [2.05, 4.69) is 6.92 Å². The zero-order valence-electron chi connectivity index (χ0n) is 17.9. The number of rotatable bonds is 17. The van der Waals surface area contributed by atoms with Crippen molar-refractivity contribution in [2.24, 2.45) is 0 Å². The van der Waals surface area contributed by atoms with Gasteiger partial charge in [-0.2, -0.15) is 0 Å². The van der Waals surface area contributed by atoms with Gasteiger partial charge in [0.2, 0.25) is 0 Å². The van der Waals surface area contributed by atoms with Gasteiger partial charge in [-0.15, -0.1) is 0 Å². The number of carbonyl (C=O) groups is 2. The van der Waals surface area contributed by atoms with Crippen molar-refractivity contribution >= 4 is 11.9 Å². The minimum Gasteiger partial charge on any atom is -0.466 e. The van der Waals surface area contributed by atoms with E-state index in [1.807, 2.05) is 0 Å². The molecule has 0 unspecified atom stereocenters. The summed E-state index contributed by atoms with van der Waals surface area (Å²) in [5.41, 5.74) is 0.898. The van der Waals surface area contributed by atoms with Crippen LogP contribution in [0, 0.1) is 5.82 Å². The van der Waals surface area contributed by atoms with Crippen LogP contribution in [-0.2, 0) is 25.5 Å². The van der Waals surface area contributed by atoms with Crippen molar-refractivity contribution in [1.82, 2.24) is 0 Å². The second-order valence-corrected chi connectivity index (χ2v) is 7.50. The molecule has 0 atom stereocenters. The summed E-state index contributed by atoms with van der Waals surface area (Å²) in [5, 5.41) is 0. The molecule has 0 saturated heterocycles. The van der Waals surface area contributed by atoms with E-state index in [1.165, 1.54) is 63.5 Å². The second kappa shape index (κ2) is 17.0. The smallest absolute Gasteiger partial charge is 0.306 e. The number of ether oxygens (including phenoxy) is 2. The number of hydrogen-bond acceptors (Lipinski definition) is 4. The molecule has 0 aliphatic carbocycles. The zero-order chi connectivity index (χ0) is 21.2. The maximum atomic E-state index is 12.8. The van der Waals surface area contributed by atoms with Gasteiger partial charge >= 0.3 is 11.9 Å². The second-order valence-electron chi connectivity index (χ2n) is 7.50. The molecule has 1 aromatic carbocycles. The van der Waals surface area contributed by atoms with Crippen LogP contribution >= 0.6 is 0 Å². The number of esters is 2. The average Bonchev–Trinajstić information content (AvgIpc) is 2.72. The van der Waals surface area contributed by atoms with E-state index in [0.717, 1.165) is 18.4 Å². The molecular formula is C24H37FO4. The van der Waals surface area contributed by atoms with Gasteiger partial charge in [-0.25, -0.2) is 4.39 Å². The van der Waals surface area contributed by atoms with E-state index in [-0.39, 0.29) is 31.2 Å². The average molecular weight is 409 g/mol. The molecule has 0 bridgehead atoms. The van der Waals surface area contributed by atoms with Crippen molar-refractivity contribution in [3.05, 3.63) is 35.6 Å². The van der Waals surface area contributed by atoms with Gasteiger partial charge in [0.1, 0.15) is 5.82 Å². The fraction of sp³-hybridized carbons (Fsp3) is 0.667. The summed E-state index contributed by atoms with van der Waals surface area (Å²) < 4.78 is 23.1. The lowest BCUT2D eigenvalue weighted by Gasteiger charge is -2.06. The first-order valence-electron chi connectivity index (χ1n) is 11.2. The highest BCUT2D eigenvalue weighted by Gasteiger charge is 2.09. The Bertz CT molecular complexity index is 557. The molecule has 5 heteroatoms. The van der Waals surface area contributed by atoms with Crippen LogP contribution < -0.4 is 0 Å². The molecule has 4 nitrogen and oxygen atoms in total. The lowest BCUT2D eigenvalue weighted by Crippen LogP contribution is -2.12. The van der Waals surface area contributed by atoms with Gasteiger partial charge in [0.15, 0.2) is 0 Å². The minimum absolute atomic E-state index is 0.0281.